The molecule has 1 aliphatic heterocycles. The molecule has 1 unspecified atom stereocenters. The van der Waals surface area contributed by atoms with E-state index in [-0.39, 0.29) is 31.6 Å². The molecule has 0 aliphatic carbocycles. The Morgan fingerprint density at radius 3 is 2.44 bits per heavy atom. The summed E-state index contributed by atoms with van der Waals surface area (Å²) in [6.07, 6.45) is -0.166. The summed E-state index contributed by atoms with van der Waals surface area (Å²) in [6, 6.07) is 18.5. The fourth-order valence-electron chi connectivity index (χ4n) is 5.03. The second kappa shape index (κ2) is 14.2. The van der Waals surface area contributed by atoms with Crippen LogP contribution in [0.1, 0.15) is 46.3 Å². The number of nitrogens with zero attached hydrogens (tertiary/aromatic N) is 1. The predicted molar refractivity (Wildman–Crippen MR) is 164 cm³/mol. The highest BCUT2D eigenvalue weighted by Gasteiger charge is 2.36. The molecule has 0 aromatic heterocycles. The molecular weight excluding hydrogens is 608 g/mol. The number of fused-ring (bicyclic) bond motifs is 1. The molecule has 3 aromatic carbocycles. The molecule has 8 nitrogen and oxygen atoms in total. The summed E-state index contributed by atoms with van der Waals surface area (Å²) < 4.78 is 0.644. The molecular formula is C31H34BrClN4O4. The van der Waals surface area contributed by atoms with Crippen molar-refractivity contribution in [2.24, 2.45) is 5.73 Å². The van der Waals surface area contributed by atoms with Crippen molar-refractivity contribution in [1.29, 1.82) is 0 Å². The first kappa shape index (κ1) is 30.9. The number of carbonyl (C=O) groups excluding carboxylic acids is 3. The van der Waals surface area contributed by atoms with Crippen molar-refractivity contribution in [3.63, 3.8) is 0 Å². The Balaban J connectivity index is 1.49. The first-order valence-electron chi connectivity index (χ1n) is 13.5. The highest BCUT2D eigenvalue weighted by Crippen LogP contribution is 2.30. The molecule has 1 aliphatic rings. The summed E-state index contributed by atoms with van der Waals surface area (Å²) in [5.74, 6) is -0.879. The van der Waals surface area contributed by atoms with Gasteiger partial charge in [-0.2, -0.15) is 0 Å². The number of aliphatic hydroxyl groups excluding tert-OH is 1. The zero-order chi connectivity index (χ0) is 29.5. The number of nitrogens with two attached hydrogens (primary N) is 1. The van der Waals surface area contributed by atoms with E-state index >= 15 is 0 Å². The number of amides is 2. The number of carbonyl (C=O) groups is 3. The van der Waals surface area contributed by atoms with Gasteiger partial charge in [0.2, 0.25) is 11.8 Å². The maximum absolute atomic E-state index is 13.7. The van der Waals surface area contributed by atoms with Crippen LogP contribution in [-0.2, 0) is 22.6 Å². The average Bonchev–Trinajstić information content (AvgIpc) is 2.97. The lowest BCUT2D eigenvalue weighted by Crippen LogP contribution is -2.57. The Bertz CT molecular complexity index is 1380. The zero-order valence-electron chi connectivity index (χ0n) is 22.8. The number of hydrogen-bond donors (Lipinski definition) is 4. The van der Waals surface area contributed by atoms with E-state index in [1.54, 1.807) is 41.3 Å². The highest BCUT2D eigenvalue weighted by atomic mass is 79.9. The summed E-state index contributed by atoms with van der Waals surface area (Å²) in [7, 11) is 0. The number of nitrogens with one attached hydrogen (secondary N) is 2. The molecule has 5 N–H and O–H groups in total. The molecule has 2 amide bonds. The van der Waals surface area contributed by atoms with E-state index in [4.69, 9.17) is 17.3 Å². The monoisotopic (exact) mass is 640 g/mol. The van der Waals surface area contributed by atoms with Crippen molar-refractivity contribution in [3.8, 4) is 0 Å². The average molecular weight is 642 g/mol. The van der Waals surface area contributed by atoms with Gasteiger partial charge in [0, 0.05) is 28.7 Å². The van der Waals surface area contributed by atoms with Crippen molar-refractivity contribution in [3.05, 3.63) is 98.5 Å². The van der Waals surface area contributed by atoms with Crippen LogP contribution in [0.15, 0.2) is 71.2 Å². The number of halogens is 2. The summed E-state index contributed by atoms with van der Waals surface area (Å²) in [6.45, 7) is 2.35. The minimum Gasteiger partial charge on any atom is -0.378 e. The van der Waals surface area contributed by atoms with Gasteiger partial charge in [0.25, 0.3) is 0 Å². The standard InChI is InChI=1S/C31H34BrClN4O4/c1-19-15-23(17-24(32)29(19)33)35-30(40)25(13-14-34)36-31(41)26-16-21-9-5-6-10-22(21)18-37(26)28(39)12-11-27(38)20-7-3-2-4-8-20/h2-10,15,17,25-26,28,39H,11-14,16,18,34H2,1H3,(H,35,40)(H,36,41)/t25-,26-,28?/m0/s1. The Labute approximate surface area is 253 Å². The van der Waals surface area contributed by atoms with Gasteiger partial charge in [-0.1, -0.05) is 66.2 Å². The molecule has 41 heavy (non-hydrogen) atoms. The van der Waals surface area contributed by atoms with Crippen LogP contribution in [0.5, 0.6) is 0 Å². The van der Waals surface area contributed by atoms with Gasteiger partial charge in [-0.25, -0.2) is 0 Å². The Hall–Kier alpha value is -3.08. The largest absolute Gasteiger partial charge is 0.378 e. The van der Waals surface area contributed by atoms with E-state index in [1.165, 1.54) is 0 Å². The van der Waals surface area contributed by atoms with Gasteiger partial charge >= 0.3 is 0 Å². The van der Waals surface area contributed by atoms with Gasteiger partial charge in [-0.15, -0.1) is 0 Å². The fraction of sp³-hybridized carbons (Fsp3) is 0.323. The summed E-state index contributed by atoms with van der Waals surface area (Å²) >= 11 is 9.61. The summed E-state index contributed by atoms with van der Waals surface area (Å²) in [5, 5.41) is 17.5. The Kier molecular flexibility index (Phi) is 10.7. The molecule has 0 fully saturated rings. The number of Topliss-reactive ketones (excluding diaryl/α,β-unsaturated/α-hetero) is 1. The maximum Gasteiger partial charge on any atom is 0.246 e. The Morgan fingerprint density at radius 2 is 1.76 bits per heavy atom. The first-order valence-corrected chi connectivity index (χ1v) is 14.7. The molecule has 10 heteroatoms. The molecule has 0 saturated carbocycles. The van der Waals surface area contributed by atoms with Crippen LogP contribution in [0.3, 0.4) is 0 Å². The van der Waals surface area contributed by atoms with Gasteiger partial charge in [0.05, 0.1) is 11.1 Å². The van der Waals surface area contributed by atoms with Gasteiger partial charge < -0.3 is 21.5 Å². The van der Waals surface area contributed by atoms with E-state index in [2.05, 4.69) is 26.6 Å². The number of aryl methyl sites for hydroxylation is 1. The van der Waals surface area contributed by atoms with E-state index in [0.717, 1.165) is 16.7 Å². The molecule has 1 heterocycles. The number of aliphatic hydroxyl groups is 1. The van der Waals surface area contributed by atoms with Crippen molar-refractivity contribution in [2.75, 3.05) is 11.9 Å². The molecule has 4 rings (SSSR count). The zero-order valence-corrected chi connectivity index (χ0v) is 25.1. The molecule has 216 valence electrons. The van der Waals surface area contributed by atoms with E-state index in [1.807, 2.05) is 37.3 Å². The minimum atomic E-state index is -1.04. The highest BCUT2D eigenvalue weighted by molar-refractivity contribution is 9.10. The van der Waals surface area contributed by atoms with Crippen LogP contribution in [0.25, 0.3) is 0 Å². The third-order valence-electron chi connectivity index (χ3n) is 7.26. The van der Waals surface area contributed by atoms with Gasteiger partial charge in [0.15, 0.2) is 5.78 Å². The lowest BCUT2D eigenvalue weighted by atomic mass is 9.92. The first-order chi connectivity index (χ1) is 19.7. The molecule has 0 saturated heterocycles. The fourth-order valence-corrected chi connectivity index (χ4v) is 5.69. The third kappa shape index (κ3) is 7.81. The van der Waals surface area contributed by atoms with Gasteiger partial charge in [-0.05, 0) is 77.5 Å². The smallest absolute Gasteiger partial charge is 0.246 e. The third-order valence-corrected chi connectivity index (χ3v) is 8.62. The van der Waals surface area contributed by atoms with E-state index in [9.17, 15) is 19.5 Å². The summed E-state index contributed by atoms with van der Waals surface area (Å²) in [5.41, 5.74) is 9.70. The van der Waals surface area contributed by atoms with Gasteiger partial charge in [-0.3, -0.25) is 19.3 Å². The molecule has 0 bridgehead atoms. The van der Waals surface area contributed by atoms with Crippen molar-refractivity contribution < 1.29 is 19.5 Å². The number of anilines is 1. The topological polar surface area (TPSA) is 125 Å². The van der Waals surface area contributed by atoms with Crippen LogP contribution >= 0.6 is 27.5 Å². The Morgan fingerprint density at radius 1 is 1.07 bits per heavy atom. The second-order valence-corrected chi connectivity index (χ2v) is 11.4. The van der Waals surface area contributed by atoms with Crippen molar-refractivity contribution in [2.45, 2.75) is 57.5 Å². The normalized spacial score (nSPS) is 16.4. The SMILES string of the molecule is Cc1cc(NC(=O)[C@H](CCN)NC(=O)[C@@H]2Cc3ccccc3CN2C(O)CCC(=O)c2ccccc2)cc(Br)c1Cl. The van der Waals surface area contributed by atoms with Crippen LogP contribution in [0.4, 0.5) is 5.69 Å². The molecule has 3 aromatic rings. The van der Waals surface area contributed by atoms with E-state index in [0.29, 0.717) is 33.7 Å². The molecule has 3 atom stereocenters. The van der Waals surface area contributed by atoms with E-state index < -0.39 is 30.1 Å². The van der Waals surface area contributed by atoms with Crippen molar-refractivity contribution in [1.82, 2.24) is 10.2 Å². The molecule has 0 radical (unpaired) electrons. The van der Waals surface area contributed by atoms with Gasteiger partial charge in [0.1, 0.15) is 12.3 Å². The number of ketones is 1. The second-order valence-electron chi connectivity index (χ2n) is 10.2. The van der Waals surface area contributed by atoms with Crippen LogP contribution in [-0.4, -0.2) is 52.5 Å². The van der Waals surface area contributed by atoms with Crippen molar-refractivity contribution >= 4 is 50.8 Å². The molecule has 0 spiro atoms. The minimum absolute atomic E-state index is 0.0770. The van der Waals surface area contributed by atoms with Crippen LogP contribution < -0.4 is 16.4 Å². The summed E-state index contributed by atoms with van der Waals surface area (Å²) in [4.78, 5) is 41.3. The number of benzene rings is 3. The quantitative estimate of drug-likeness (QED) is 0.227. The van der Waals surface area contributed by atoms with Crippen LogP contribution in [0.2, 0.25) is 5.02 Å². The predicted octanol–water partition coefficient (Wildman–Crippen LogP) is 4.59. The number of rotatable bonds is 11. The lowest BCUT2D eigenvalue weighted by Gasteiger charge is -2.39. The van der Waals surface area contributed by atoms with Crippen LogP contribution in [0, 0.1) is 6.92 Å². The lowest BCUT2D eigenvalue weighted by molar-refractivity contribution is -0.136. The number of hydrogen-bond acceptors (Lipinski definition) is 6. The maximum atomic E-state index is 13.7.